The number of nitrogens with zero attached hydrogens (tertiary/aromatic N) is 1. The second-order valence-electron chi connectivity index (χ2n) is 7.53. The van der Waals surface area contributed by atoms with Crippen molar-refractivity contribution in [1.82, 2.24) is 4.31 Å². The molecule has 0 unspecified atom stereocenters. The molecular weight excluding hydrogens is 476 g/mol. The van der Waals surface area contributed by atoms with Gasteiger partial charge in [0.15, 0.2) is 0 Å². The summed E-state index contributed by atoms with van der Waals surface area (Å²) < 4.78 is 28.8. The first kappa shape index (κ1) is 23.2. The average molecular weight is 501 g/mol. The summed E-state index contributed by atoms with van der Waals surface area (Å²) in [6.07, 6.45) is 0. The highest BCUT2D eigenvalue weighted by Gasteiger charge is 2.27. The first-order valence-corrected chi connectivity index (χ1v) is 12.1. The Hall–Kier alpha value is -2.48. The normalized spacial score (nSPS) is 11.5. The van der Waals surface area contributed by atoms with Crippen LogP contribution in [0, 0.1) is 20.8 Å². The largest absolute Gasteiger partial charge is 0.324 e. The van der Waals surface area contributed by atoms with E-state index < -0.39 is 10.0 Å². The summed E-state index contributed by atoms with van der Waals surface area (Å²) in [6, 6.07) is 19.7. The van der Waals surface area contributed by atoms with Crippen LogP contribution in [0.1, 0.15) is 22.3 Å². The number of sulfonamides is 1. The third-order valence-corrected chi connectivity index (χ3v) is 7.21. The molecule has 5 nitrogen and oxygen atoms in total. The van der Waals surface area contributed by atoms with Crippen LogP contribution in [-0.4, -0.2) is 25.2 Å². The van der Waals surface area contributed by atoms with Crippen molar-refractivity contribution in [1.29, 1.82) is 0 Å². The molecule has 3 aromatic carbocycles. The van der Waals surface area contributed by atoms with Gasteiger partial charge < -0.3 is 5.32 Å². The van der Waals surface area contributed by atoms with E-state index in [4.69, 9.17) is 0 Å². The van der Waals surface area contributed by atoms with Gasteiger partial charge >= 0.3 is 0 Å². The smallest absolute Gasteiger partial charge is 0.243 e. The van der Waals surface area contributed by atoms with Crippen LogP contribution in [-0.2, 0) is 21.4 Å². The van der Waals surface area contributed by atoms with Crippen molar-refractivity contribution >= 4 is 37.5 Å². The van der Waals surface area contributed by atoms with Gasteiger partial charge in [-0.2, -0.15) is 4.31 Å². The first-order chi connectivity index (χ1) is 14.7. The van der Waals surface area contributed by atoms with E-state index in [1.54, 1.807) is 24.3 Å². The highest BCUT2D eigenvalue weighted by molar-refractivity contribution is 9.10. The lowest BCUT2D eigenvalue weighted by Gasteiger charge is -2.23. The molecule has 0 aromatic heterocycles. The van der Waals surface area contributed by atoms with E-state index >= 15 is 0 Å². The summed E-state index contributed by atoms with van der Waals surface area (Å²) >= 11 is 3.45. The molecule has 0 aliphatic heterocycles. The van der Waals surface area contributed by atoms with Gasteiger partial charge in [-0.05, 0) is 61.7 Å². The minimum absolute atomic E-state index is 0.1000. The Morgan fingerprint density at radius 1 is 0.935 bits per heavy atom. The molecule has 3 rings (SSSR count). The van der Waals surface area contributed by atoms with Gasteiger partial charge in [-0.15, -0.1) is 0 Å². The van der Waals surface area contributed by atoms with Crippen molar-refractivity contribution in [3.05, 3.63) is 93.5 Å². The average Bonchev–Trinajstić information content (AvgIpc) is 2.71. The molecule has 7 heteroatoms. The third kappa shape index (κ3) is 5.81. The highest BCUT2D eigenvalue weighted by atomic mass is 79.9. The second kappa shape index (κ2) is 9.77. The summed E-state index contributed by atoms with van der Waals surface area (Å²) in [6.45, 7) is 5.51. The number of carbonyl (C=O) groups excluding carboxylic acids is 1. The van der Waals surface area contributed by atoms with E-state index in [0.29, 0.717) is 5.69 Å². The monoisotopic (exact) mass is 500 g/mol. The molecule has 0 heterocycles. The Morgan fingerprint density at radius 2 is 1.52 bits per heavy atom. The van der Waals surface area contributed by atoms with Crippen LogP contribution in [0.4, 0.5) is 5.69 Å². The minimum Gasteiger partial charge on any atom is -0.324 e. The maximum Gasteiger partial charge on any atom is 0.243 e. The van der Waals surface area contributed by atoms with Crippen molar-refractivity contribution in [3.8, 4) is 0 Å². The molecule has 162 valence electrons. The van der Waals surface area contributed by atoms with Gasteiger partial charge in [-0.1, -0.05) is 64.0 Å². The molecule has 0 aliphatic rings. The quantitative estimate of drug-likeness (QED) is 0.484. The van der Waals surface area contributed by atoms with Gasteiger partial charge in [-0.3, -0.25) is 4.79 Å². The summed E-state index contributed by atoms with van der Waals surface area (Å²) in [4.78, 5) is 13.1. The topological polar surface area (TPSA) is 66.5 Å². The van der Waals surface area contributed by atoms with E-state index in [1.807, 2.05) is 63.2 Å². The Kier molecular flexibility index (Phi) is 7.30. The highest BCUT2D eigenvalue weighted by Crippen LogP contribution is 2.25. The summed E-state index contributed by atoms with van der Waals surface area (Å²) in [7, 11) is -3.87. The zero-order valence-corrected chi connectivity index (χ0v) is 20.1. The van der Waals surface area contributed by atoms with Crippen molar-refractivity contribution in [3.63, 3.8) is 0 Å². The standard InChI is InChI=1S/C24H25BrN2O3S/c1-17-9-11-22(12-10-17)31(29,30)27(15-20-7-5-4-6-8-20)16-23(28)26-24-18(2)13-21(25)14-19(24)3/h4-14H,15-16H2,1-3H3,(H,26,28). The lowest BCUT2D eigenvalue weighted by molar-refractivity contribution is -0.116. The SMILES string of the molecule is Cc1ccc(S(=O)(=O)N(CC(=O)Nc2c(C)cc(Br)cc2C)Cc2ccccc2)cc1. The number of nitrogens with one attached hydrogen (secondary N) is 1. The number of halogens is 1. The molecule has 31 heavy (non-hydrogen) atoms. The first-order valence-electron chi connectivity index (χ1n) is 9.84. The molecule has 0 radical (unpaired) electrons. The Labute approximate surface area is 192 Å². The summed E-state index contributed by atoms with van der Waals surface area (Å²) in [5, 5.41) is 2.89. The maximum atomic E-state index is 13.4. The van der Waals surface area contributed by atoms with Gasteiger partial charge in [0.2, 0.25) is 15.9 Å². The number of aryl methyl sites for hydroxylation is 3. The van der Waals surface area contributed by atoms with Crippen LogP contribution in [0.5, 0.6) is 0 Å². The van der Waals surface area contributed by atoms with E-state index in [9.17, 15) is 13.2 Å². The Balaban J connectivity index is 1.89. The fourth-order valence-corrected chi connectivity index (χ4v) is 5.39. The number of benzene rings is 3. The van der Waals surface area contributed by atoms with Crippen molar-refractivity contribution in [2.45, 2.75) is 32.2 Å². The van der Waals surface area contributed by atoms with E-state index in [-0.39, 0.29) is 23.9 Å². The molecule has 0 saturated heterocycles. The van der Waals surface area contributed by atoms with Gasteiger partial charge in [0, 0.05) is 16.7 Å². The number of hydrogen-bond acceptors (Lipinski definition) is 3. The third-order valence-electron chi connectivity index (χ3n) is 4.94. The molecular formula is C24H25BrN2O3S. The van der Waals surface area contributed by atoms with Gasteiger partial charge in [0.25, 0.3) is 0 Å². The summed E-state index contributed by atoms with van der Waals surface area (Å²) in [5.41, 5.74) is 4.27. The van der Waals surface area contributed by atoms with Gasteiger partial charge in [0.05, 0.1) is 11.4 Å². The second-order valence-corrected chi connectivity index (χ2v) is 10.4. The van der Waals surface area contributed by atoms with Crippen LogP contribution >= 0.6 is 15.9 Å². The van der Waals surface area contributed by atoms with Gasteiger partial charge in [0.1, 0.15) is 0 Å². The van der Waals surface area contributed by atoms with Crippen LogP contribution in [0.25, 0.3) is 0 Å². The lowest BCUT2D eigenvalue weighted by atomic mass is 10.1. The van der Waals surface area contributed by atoms with Crippen LogP contribution in [0.3, 0.4) is 0 Å². The molecule has 0 spiro atoms. The van der Waals surface area contributed by atoms with E-state index in [1.165, 1.54) is 4.31 Å². The Morgan fingerprint density at radius 3 is 2.10 bits per heavy atom. The predicted octanol–water partition coefficient (Wildman–Crippen LogP) is 5.20. The van der Waals surface area contributed by atoms with E-state index in [2.05, 4.69) is 21.2 Å². The fraction of sp³-hybridized carbons (Fsp3) is 0.208. The number of carbonyl (C=O) groups is 1. The molecule has 1 N–H and O–H groups in total. The van der Waals surface area contributed by atoms with E-state index in [0.717, 1.165) is 26.7 Å². The number of amides is 1. The molecule has 0 bridgehead atoms. The number of hydrogen-bond donors (Lipinski definition) is 1. The van der Waals surface area contributed by atoms with Crippen molar-refractivity contribution < 1.29 is 13.2 Å². The molecule has 3 aromatic rings. The zero-order chi connectivity index (χ0) is 22.6. The Bertz CT molecular complexity index is 1150. The van der Waals surface area contributed by atoms with Crippen LogP contribution < -0.4 is 5.32 Å². The van der Waals surface area contributed by atoms with Crippen molar-refractivity contribution in [2.75, 3.05) is 11.9 Å². The minimum atomic E-state index is -3.87. The molecule has 0 saturated carbocycles. The molecule has 0 atom stereocenters. The molecule has 1 amide bonds. The van der Waals surface area contributed by atoms with Crippen molar-refractivity contribution in [2.24, 2.45) is 0 Å². The van der Waals surface area contributed by atoms with Gasteiger partial charge in [-0.25, -0.2) is 8.42 Å². The van der Waals surface area contributed by atoms with Crippen LogP contribution in [0.2, 0.25) is 0 Å². The maximum absolute atomic E-state index is 13.4. The fourth-order valence-electron chi connectivity index (χ4n) is 3.32. The molecule has 0 fully saturated rings. The molecule has 0 aliphatic carbocycles. The lowest BCUT2D eigenvalue weighted by Crippen LogP contribution is -2.37. The summed E-state index contributed by atoms with van der Waals surface area (Å²) in [5.74, 6) is -0.389. The van der Waals surface area contributed by atoms with Crippen LogP contribution in [0.15, 0.2) is 76.1 Å². The number of rotatable bonds is 7. The predicted molar refractivity (Wildman–Crippen MR) is 127 cm³/mol. The zero-order valence-electron chi connectivity index (χ0n) is 17.7. The number of anilines is 1.